The second kappa shape index (κ2) is 9.55. The number of nitrogens with zero attached hydrogens (tertiary/aromatic N) is 1. The number of ketones is 1. The van der Waals surface area contributed by atoms with E-state index >= 15 is 0 Å². The highest BCUT2D eigenvalue weighted by Gasteiger charge is 2.49. The molecule has 2 aliphatic carbocycles. The smallest absolute Gasteiger partial charge is 0.253 e. The zero-order valence-electron chi connectivity index (χ0n) is 21.0. The van der Waals surface area contributed by atoms with Gasteiger partial charge >= 0.3 is 0 Å². The first-order valence-electron chi connectivity index (χ1n) is 13.5. The minimum atomic E-state index is -3.31. The summed E-state index contributed by atoms with van der Waals surface area (Å²) in [5, 5.41) is -0.274. The fraction of sp³-hybridized carbons (Fsp3) is 0.517. The number of amides is 1. The first kappa shape index (κ1) is 24.6. The lowest BCUT2D eigenvalue weighted by molar-refractivity contribution is -0.177. The Morgan fingerprint density at radius 1 is 0.946 bits per heavy atom. The van der Waals surface area contributed by atoms with Crippen LogP contribution in [0, 0.1) is 11.8 Å². The Bertz CT molecular complexity index is 1290. The van der Waals surface area contributed by atoms with Gasteiger partial charge in [0.1, 0.15) is 5.60 Å². The summed E-state index contributed by atoms with van der Waals surface area (Å²) in [6.45, 7) is 2.07. The third-order valence-corrected chi connectivity index (χ3v) is 10.6. The molecule has 4 aliphatic rings. The summed E-state index contributed by atoms with van der Waals surface area (Å²) in [5.74, 6) is 1.02. The lowest BCUT2D eigenvalue weighted by atomic mass is 9.70. The Hall–Kier alpha value is -2.71. The van der Waals surface area contributed by atoms with Gasteiger partial charge < -0.3 is 9.64 Å². The molecule has 2 aromatic rings. The van der Waals surface area contributed by atoms with Crippen molar-refractivity contribution in [1.29, 1.82) is 0 Å². The van der Waals surface area contributed by atoms with E-state index in [-0.39, 0.29) is 17.1 Å². The minimum Gasteiger partial charge on any atom is -0.367 e. The molecule has 0 aromatic heterocycles. The van der Waals surface area contributed by atoms with Crippen molar-refractivity contribution in [2.24, 2.45) is 11.8 Å². The van der Waals surface area contributed by atoms with Crippen LogP contribution in [0.4, 0.5) is 5.69 Å². The predicted molar refractivity (Wildman–Crippen MR) is 142 cm³/mol. The lowest BCUT2D eigenvalue weighted by Crippen LogP contribution is -2.54. The number of ether oxygens (including phenoxy) is 1. The molecule has 2 heterocycles. The maximum Gasteiger partial charge on any atom is 0.253 e. The van der Waals surface area contributed by atoms with Crippen LogP contribution in [0.5, 0.6) is 0 Å². The largest absolute Gasteiger partial charge is 0.367 e. The maximum atomic E-state index is 13.2. The second-order valence-corrected chi connectivity index (χ2v) is 13.1. The summed E-state index contributed by atoms with van der Waals surface area (Å²) in [7, 11) is -3.31. The number of carbonyl (C=O) groups excluding carboxylic acids is 2. The van der Waals surface area contributed by atoms with Gasteiger partial charge in [-0.15, -0.1) is 0 Å². The zero-order valence-corrected chi connectivity index (χ0v) is 21.8. The van der Waals surface area contributed by atoms with Gasteiger partial charge in [-0.3, -0.25) is 14.3 Å². The minimum absolute atomic E-state index is 0.0281. The number of hydrogen-bond acceptors (Lipinski definition) is 5. The third kappa shape index (κ3) is 4.93. The first-order chi connectivity index (χ1) is 17.8. The Kier molecular flexibility index (Phi) is 6.35. The fourth-order valence-corrected chi connectivity index (χ4v) is 7.38. The third-order valence-electron chi connectivity index (χ3n) is 8.74. The molecule has 1 unspecified atom stereocenters. The molecule has 2 saturated carbocycles. The van der Waals surface area contributed by atoms with E-state index in [2.05, 4.69) is 4.72 Å². The van der Waals surface area contributed by atoms with Crippen LogP contribution in [0.2, 0.25) is 0 Å². The molecule has 1 N–H and O–H groups in total. The van der Waals surface area contributed by atoms with Crippen LogP contribution in [0.15, 0.2) is 48.5 Å². The fourth-order valence-electron chi connectivity index (χ4n) is 6.00. The van der Waals surface area contributed by atoms with Crippen molar-refractivity contribution in [2.45, 2.75) is 62.2 Å². The molecule has 37 heavy (non-hydrogen) atoms. The van der Waals surface area contributed by atoms with E-state index in [4.69, 9.17) is 4.74 Å². The molecule has 1 spiro atoms. The molecule has 6 rings (SSSR count). The van der Waals surface area contributed by atoms with Gasteiger partial charge in [0.2, 0.25) is 10.0 Å². The molecule has 1 atom stereocenters. The van der Waals surface area contributed by atoms with Gasteiger partial charge in [0.05, 0.1) is 11.9 Å². The van der Waals surface area contributed by atoms with E-state index in [1.165, 1.54) is 0 Å². The highest BCUT2D eigenvalue weighted by Crippen LogP contribution is 2.43. The van der Waals surface area contributed by atoms with E-state index in [0.717, 1.165) is 56.1 Å². The Morgan fingerprint density at radius 3 is 2.30 bits per heavy atom. The topological polar surface area (TPSA) is 92.8 Å². The number of hydrogen-bond donors (Lipinski definition) is 1. The number of sulfonamides is 1. The van der Waals surface area contributed by atoms with Crippen molar-refractivity contribution in [3.63, 3.8) is 0 Å². The number of likely N-dealkylation sites (tertiary alicyclic amines) is 1. The van der Waals surface area contributed by atoms with Gasteiger partial charge in [-0.2, -0.15) is 0 Å². The standard InChI is InChI=1S/C29H34N2O5S/c32-27-18-24(19-36-29(27)13-2-14-29)21-11-15-31(16-12-21)28(33)22-7-5-20(6-8-22)23-3-1-4-25(17-23)30-37(34,35)26-9-10-26/h1,3-8,17,21,24,26,30H,2,9-16,18-19H2. The van der Waals surface area contributed by atoms with Crippen LogP contribution in [0.3, 0.4) is 0 Å². The lowest BCUT2D eigenvalue weighted by Gasteiger charge is -2.47. The summed E-state index contributed by atoms with van der Waals surface area (Å²) in [6.07, 6.45) is 6.73. The van der Waals surface area contributed by atoms with Crippen molar-refractivity contribution in [2.75, 3.05) is 24.4 Å². The van der Waals surface area contributed by atoms with E-state index in [0.29, 0.717) is 49.1 Å². The summed E-state index contributed by atoms with van der Waals surface area (Å²) >= 11 is 0. The molecule has 8 heteroatoms. The molecular weight excluding hydrogens is 488 g/mol. The SMILES string of the molecule is O=C(c1ccc(-c2cccc(NS(=O)(=O)C3CC3)c2)cc1)N1CCC(C2COC3(CCC3)C(=O)C2)CC1. The number of piperidine rings is 1. The number of rotatable bonds is 6. The summed E-state index contributed by atoms with van der Waals surface area (Å²) in [6, 6.07) is 14.9. The average molecular weight is 523 g/mol. The quantitative estimate of drug-likeness (QED) is 0.597. The first-order valence-corrected chi connectivity index (χ1v) is 15.1. The van der Waals surface area contributed by atoms with E-state index in [1.807, 2.05) is 47.4 Å². The van der Waals surface area contributed by atoms with Gasteiger partial charge in [-0.25, -0.2) is 8.42 Å². The number of Topliss-reactive ketones (excluding diaryl/α,β-unsaturated/α-hetero) is 1. The van der Waals surface area contributed by atoms with E-state index in [9.17, 15) is 18.0 Å². The molecule has 2 aromatic carbocycles. The zero-order chi connectivity index (χ0) is 25.6. The van der Waals surface area contributed by atoms with Crippen molar-refractivity contribution in [3.8, 4) is 11.1 Å². The van der Waals surface area contributed by atoms with Crippen LogP contribution in [0.1, 0.15) is 61.7 Å². The van der Waals surface area contributed by atoms with Crippen LogP contribution in [-0.4, -0.2) is 55.6 Å². The van der Waals surface area contributed by atoms with Gasteiger partial charge in [-0.1, -0.05) is 24.3 Å². The monoisotopic (exact) mass is 522 g/mol. The summed E-state index contributed by atoms with van der Waals surface area (Å²) in [4.78, 5) is 27.7. The van der Waals surface area contributed by atoms with Gasteiger partial charge in [0, 0.05) is 30.8 Å². The normalized spacial score (nSPS) is 24.1. The maximum absolute atomic E-state index is 13.2. The Labute approximate surface area is 218 Å². The van der Waals surface area contributed by atoms with Crippen molar-refractivity contribution >= 4 is 27.4 Å². The molecule has 0 bridgehead atoms. The molecule has 2 aliphatic heterocycles. The van der Waals surface area contributed by atoms with Crippen LogP contribution >= 0.6 is 0 Å². The molecule has 196 valence electrons. The number of carbonyl (C=O) groups is 2. The van der Waals surface area contributed by atoms with Crippen molar-refractivity contribution in [1.82, 2.24) is 4.90 Å². The van der Waals surface area contributed by atoms with Crippen LogP contribution in [-0.2, 0) is 19.6 Å². The second-order valence-electron chi connectivity index (χ2n) is 11.2. The molecule has 4 fully saturated rings. The van der Waals surface area contributed by atoms with E-state index in [1.54, 1.807) is 6.07 Å². The van der Waals surface area contributed by atoms with Gasteiger partial charge in [-0.05, 0) is 92.2 Å². The van der Waals surface area contributed by atoms with E-state index < -0.39 is 15.6 Å². The highest BCUT2D eigenvalue weighted by atomic mass is 32.2. The van der Waals surface area contributed by atoms with Crippen molar-refractivity contribution < 1.29 is 22.7 Å². The summed E-state index contributed by atoms with van der Waals surface area (Å²) < 4.78 is 33.3. The summed E-state index contributed by atoms with van der Waals surface area (Å²) in [5.41, 5.74) is 2.57. The molecular formula is C29H34N2O5S. The van der Waals surface area contributed by atoms with Gasteiger partial charge in [0.15, 0.2) is 5.78 Å². The predicted octanol–water partition coefficient (Wildman–Crippen LogP) is 4.64. The average Bonchev–Trinajstić information content (AvgIpc) is 3.74. The number of anilines is 1. The van der Waals surface area contributed by atoms with Crippen LogP contribution < -0.4 is 4.72 Å². The van der Waals surface area contributed by atoms with Gasteiger partial charge in [0.25, 0.3) is 5.91 Å². The van der Waals surface area contributed by atoms with Crippen molar-refractivity contribution in [3.05, 3.63) is 54.1 Å². The Morgan fingerprint density at radius 2 is 1.68 bits per heavy atom. The number of benzene rings is 2. The Balaban J connectivity index is 1.05. The molecule has 0 radical (unpaired) electrons. The molecule has 7 nitrogen and oxygen atoms in total. The molecule has 1 amide bonds. The number of nitrogens with one attached hydrogen (secondary N) is 1. The van der Waals surface area contributed by atoms with Crippen LogP contribution in [0.25, 0.3) is 11.1 Å². The highest BCUT2D eigenvalue weighted by molar-refractivity contribution is 7.93. The molecule has 2 saturated heterocycles.